The minimum absolute atomic E-state index is 0.0699. The third-order valence-corrected chi connectivity index (χ3v) is 8.79. The molecule has 3 saturated heterocycles. The lowest BCUT2D eigenvalue weighted by Crippen LogP contribution is -2.49. The lowest BCUT2D eigenvalue weighted by Gasteiger charge is -2.33. The molecule has 37 heavy (non-hydrogen) atoms. The third-order valence-electron chi connectivity index (χ3n) is 8.79. The second-order valence-electron chi connectivity index (χ2n) is 12.4. The lowest BCUT2D eigenvalue weighted by molar-refractivity contribution is -0.123. The highest BCUT2D eigenvalue weighted by Gasteiger charge is 2.52. The number of amides is 4. The summed E-state index contributed by atoms with van der Waals surface area (Å²) >= 11 is 0. The first kappa shape index (κ1) is 26.1. The van der Waals surface area contributed by atoms with Crippen LogP contribution in [0.15, 0.2) is 18.2 Å². The number of hydrogen-bond acceptors (Lipinski definition) is 6. The molecule has 202 valence electrons. The van der Waals surface area contributed by atoms with Crippen molar-refractivity contribution >= 4 is 29.2 Å². The Bertz CT molecular complexity index is 1070. The maximum absolute atomic E-state index is 13.7. The van der Waals surface area contributed by atoms with Gasteiger partial charge in [0.2, 0.25) is 5.91 Å². The van der Waals surface area contributed by atoms with Crippen LogP contribution in [0.3, 0.4) is 0 Å². The summed E-state index contributed by atoms with van der Waals surface area (Å²) in [4.78, 5) is 50.2. The van der Waals surface area contributed by atoms with Gasteiger partial charge in [0.05, 0.1) is 12.2 Å². The van der Waals surface area contributed by atoms with Gasteiger partial charge < -0.3 is 20.0 Å². The van der Waals surface area contributed by atoms with Crippen molar-refractivity contribution in [3.63, 3.8) is 0 Å². The van der Waals surface area contributed by atoms with Gasteiger partial charge in [-0.2, -0.15) is 0 Å². The minimum Gasteiger partial charge on any atom is -0.317 e. The molecule has 0 aromatic heterocycles. The molecule has 9 heteroatoms. The Morgan fingerprint density at radius 3 is 2.38 bits per heavy atom. The van der Waals surface area contributed by atoms with Gasteiger partial charge in [0.25, 0.3) is 5.91 Å². The SMILES string of the molecule is CN1CCN(CC(=O)N2CC(C)(C)c3ccc(N4C(=O)N(CC5CCNCC5)C(C)(C)C4=O)cc32)CC1. The molecule has 5 rings (SSSR count). The molecule has 4 heterocycles. The van der Waals surface area contributed by atoms with Crippen molar-refractivity contribution in [2.45, 2.75) is 51.5 Å². The van der Waals surface area contributed by atoms with E-state index < -0.39 is 5.54 Å². The minimum atomic E-state index is -0.906. The summed E-state index contributed by atoms with van der Waals surface area (Å²) in [5.74, 6) is 0.250. The summed E-state index contributed by atoms with van der Waals surface area (Å²) in [6, 6.07) is 5.48. The van der Waals surface area contributed by atoms with Crippen molar-refractivity contribution in [3.05, 3.63) is 23.8 Å². The number of piperidine rings is 1. The van der Waals surface area contributed by atoms with Gasteiger partial charge in [-0.15, -0.1) is 0 Å². The molecule has 3 fully saturated rings. The Balaban J connectivity index is 1.39. The van der Waals surface area contributed by atoms with E-state index in [0.717, 1.165) is 63.4 Å². The second-order valence-corrected chi connectivity index (χ2v) is 12.4. The molecule has 0 saturated carbocycles. The van der Waals surface area contributed by atoms with E-state index in [4.69, 9.17) is 0 Å². The molecule has 9 nitrogen and oxygen atoms in total. The smallest absolute Gasteiger partial charge is 0.317 e. The summed E-state index contributed by atoms with van der Waals surface area (Å²) in [5.41, 5.74) is 1.33. The summed E-state index contributed by atoms with van der Waals surface area (Å²) in [7, 11) is 2.11. The number of fused-ring (bicyclic) bond motifs is 1. The zero-order valence-corrected chi connectivity index (χ0v) is 23.0. The predicted molar refractivity (Wildman–Crippen MR) is 145 cm³/mol. The van der Waals surface area contributed by atoms with Crippen molar-refractivity contribution in [1.82, 2.24) is 20.0 Å². The molecular weight excluding hydrogens is 468 g/mol. The van der Waals surface area contributed by atoms with Crippen LogP contribution < -0.4 is 15.1 Å². The Hall–Kier alpha value is -2.49. The van der Waals surface area contributed by atoms with Gasteiger partial charge in [-0.25, -0.2) is 9.69 Å². The van der Waals surface area contributed by atoms with E-state index in [1.807, 2.05) is 36.9 Å². The molecule has 0 radical (unpaired) electrons. The zero-order chi connectivity index (χ0) is 26.5. The predicted octanol–water partition coefficient (Wildman–Crippen LogP) is 2.11. The molecule has 0 spiro atoms. The fraction of sp³-hybridized carbons (Fsp3) is 0.679. The summed E-state index contributed by atoms with van der Waals surface area (Å²) in [6.45, 7) is 15.1. The fourth-order valence-corrected chi connectivity index (χ4v) is 6.22. The first-order chi connectivity index (χ1) is 17.5. The van der Waals surface area contributed by atoms with Gasteiger partial charge in [0.1, 0.15) is 5.54 Å². The molecule has 4 amide bonds. The number of imide groups is 1. The number of carbonyl (C=O) groups excluding carboxylic acids is 3. The van der Waals surface area contributed by atoms with Crippen LogP contribution in [0.5, 0.6) is 0 Å². The molecule has 4 aliphatic heterocycles. The van der Waals surface area contributed by atoms with E-state index in [0.29, 0.717) is 31.2 Å². The van der Waals surface area contributed by atoms with Gasteiger partial charge in [0, 0.05) is 50.4 Å². The van der Waals surface area contributed by atoms with Crippen molar-refractivity contribution in [2.24, 2.45) is 5.92 Å². The number of piperazine rings is 1. The van der Waals surface area contributed by atoms with Gasteiger partial charge in [-0.1, -0.05) is 19.9 Å². The first-order valence-corrected chi connectivity index (χ1v) is 13.7. The van der Waals surface area contributed by atoms with Crippen LogP contribution in [0.1, 0.15) is 46.1 Å². The monoisotopic (exact) mass is 510 g/mol. The summed E-state index contributed by atoms with van der Waals surface area (Å²) in [5, 5.41) is 3.37. The van der Waals surface area contributed by atoms with E-state index >= 15 is 0 Å². The number of benzene rings is 1. The number of nitrogens with one attached hydrogen (secondary N) is 1. The van der Waals surface area contributed by atoms with E-state index in [2.05, 4.69) is 36.0 Å². The van der Waals surface area contributed by atoms with Crippen LogP contribution in [0.25, 0.3) is 0 Å². The Kier molecular flexibility index (Phi) is 6.83. The van der Waals surface area contributed by atoms with E-state index in [-0.39, 0.29) is 23.3 Å². The highest BCUT2D eigenvalue weighted by Crippen LogP contribution is 2.44. The Labute approximate surface area is 220 Å². The average molecular weight is 511 g/mol. The fourth-order valence-electron chi connectivity index (χ4n) is 6.22. The number of likely N-dealkylation sites (N-methyl/N-ethyl adjacent to an activating group) is 1. The zero-order valence-electron chi connectivity index (χ0n) is 23.0. The number of anilines is 2. The standard InChI is InChI=1S/C28H42N6O3/c1-27(2)19-32(24(35)18-31-14-12-30(5)13-15-31)23-16-21(6-7-22(23)27)34-25(36)28(3,4)33(26(34)37)17-20-8-10-29-11-9-20/h6-7,16,20,29H,8-15,17-19H2,1-5H3. The van der Waals surface area contributed by atoms with Crippen molar-refractivity contribution in [1.29, 1.82) is 0 Å². The molecule has 0 aliphatic carbocycles. The van der Waals surface area contributed by atoms with Crippen LogP contribution >= 0.6 is 0 Å². The maximum Gasteiger partial charge on any atom is 0.332 e. The molecule has 0 bridgehead atoms. The van der Waals surface area contributed by atoms with Gasteiger partial charge in [-0.3, -0.25) is 14.5 Å². The van der Waals surface area contributed by atoms with Gasteiger partial charge >= 0.3 is 6.03 Å². The average Bonchev–Trinajstić information content (AvgIpc) is 3.23. The number of carbonyl (C=O) groups is 3. The van der Waals surface area contributed by atoms with Crippen LogP contribution in [0, 0.1) is 5.92 Å². The van der Waals surface area contributed by atoms with Crippen LogP contribution in [0.2, 0.25) is 0 Å². The molecule has 4 aliphatic rings. The topological polar surface area (TPSA) is 79.4 Å². The molecule has 0 unspecified atom stereocenters. The molecule has 0 atom stereocenters. The van der Waals surface area contributed by atoms with Crippen molar-refractivity contribution in [2.75, 3.05) is 75.8 Å². The number of rotatable bonds is 5. The van der Waals surface area contributed by atoms with Gasteiger partial charge in [-0.05, 0) is 70.4 Å². The number of nitrogens with zero attached hydrogens (tertiary/aromatic N) is 5. The highest BCUT2D eigenvalue weighted by molar-refractivity contribution is 6.23. The van der Waals surface area contributed by atoms with Crippen LogP contribution in [0.4, 0.5) is 16.2 Å². The van der Waals surface area contributed by atoms with E-state index in [1.165, 1.54) is 4.90 Å². The number of urea groups is 1. The van der Waals surface area contributed by atoms with E-state index in [1.54, 1.807) is 4.90 Å². The molecule has 1 aromatic rings. The lowest BCUT2D eigenvalue weighted by atomic mass is 9.87. The van der Waals surface area contributed by atoms with E-state index in [9.17, 15) is 14.4 Å². The summed E-state index contributed by atoms with van der Waals surface area (Å²) in [6.07, 6.45) is 2.01. The second kappa shape index (κ2) is 9.67. The largest absolute Gasteiger partial charge is 0.332 e. The first-order valence-electron chi connectivity index (χ1n) is 13.7. The quantitative estimate of drug-likeness (QED) is 0.612. The maximum atomic E-state index is 13.7. The molecular formula is C28H42N6O3. The van der Waals surface area contributed by atoms with Gasteiger partial charge in [0.15, 0.2) is 0 Å². The molecule has 1 N–H and O–H groups in total. The summed E-state index contributed by atoms with van der Waals surface area (Å²) < 4.78 is 0. The molecule has 1 aromatic carbocycles. The van der Waals surface area contributed by atoms with Crippen LogP contribution in [-0.4, -0.2) is 104 Å². The van der Waals surface area contributed by atoms with Crippen LogP contribution in [-0.2, 0) is 15.0 Å². The van der Waals surface area contributed by atoms with Crippen molar-refractivity contribution in [3.8, 4) is 0 Å². The highest BCUT2D eigenvalue weighted by atomic mass is 16.2. The third kappa shape index (κ3) is 4.77. The number of hydrogen-bond donors (Lipinski definition) is 1. The normalized spacial score (nSPS) is 24.7. The van der Waals surface area contributed by atoms with Crippen molar-refractivity contribution < 1.29 is 14.4 Å². The Morgan fingerprint density at radius 1 is 1.03 bits per heavy atom. The Morgan fingerprint density at radius 2 is 1.70 bits per heavy atom.